The lowest BCUT2D eigenvalue weighted by Gasteiger charge is -2.12. The minimum atomic E-state index is -0.744. The van der Waals surface area contributed by atoms with Crippen molar-refractivity contribution in [1.82, 2.24) is 5.32 Å². The molecule has 5 heteroatoms. The number of carbonyl (C=O) groups excluding carboxylic acids is 2. The van der Waals surface area contributed by atoms with Crippen molar-refractivity contribution in [3.8, 4) is 11.5 Å². The number of anilines is 1. The number of hydrogen-bond donors (Lipinski definition) is 2. The van der Waals surface area contributed by atoms with Crippen LogP contribution in [0.5, 0.6) is 11.5 Å². The average Bonchev–Trinajstić information content (AvgIpc) is 2.69. The Morgan fingerprint density at radius 2 is 1.48 bits per heavy atom. The van der Waals surface area contributed by atoms with E-state index in [1.165, 1.54) is 0 Å². The van der Waals surface area contributed by atoms with Gasteiger partial charge in [-0.3, -0.25) is 9.59 Å². The van der Waals surface area contributed by atoms with Crippen LogP contribution in [0.3, 0.4) is 0 Å². The van der Waals surface area contributed by atoms with Crippen molar-refractivity contribution in [1.29, 1.82) is 0 Å². The maximum Gasteiger partial charge on any atom is 0.313 e. The van der Waals surface area contributed by atoms with Gasteiger partial charge in [0.25, 0.3) is 0 Å². The molecule has 0 radical (unpaired) electrons. The predicted octanol–water partition coefficient (Wildman–Crippen LogP) is 4.04. The van der Waals surface area contributed by atoms with E-state index in [1.54, 1.807) is 24.3 Å². The molecule has 136 valence electrons. The Kier molecular flexibility index (Phi) is 5.84. The van der Waals surface area contributed by atoms with Crippen LogP contribution in [0, 0.1) is 6.92 Å². The minimum Gasteiger partial charge on any atom is -0.455 e. The third-order valence-electron chi connectivity index (χ3n) is 3.89. The number of benzene rings is 3. The number of amides is 2. The van der Waals surface area contributed by atoms with Gasteiger partial charge in [0.1, 0.15) is 5.75 Å². The molecule has 0 aliphatic rings. The Morgan fingerprint density at radius 1 is 0.815 bits per heavy atom. The maximum atomic E-state index is 12.2. The molecule has 0 saturated carbocycles. The van der Waals surface area contributed by atoms with Crippen molar-refractivity contribution in [2.75, 3.05) is 5.32 Å². The van der Waals surface area contributed by atoms with Crippen LogP contribution in [0.15, 0.2) is 78.9 Å². The fourth-order valence-corrected chi connectivity index (χ4v) is 2.42. The highest BCUT2D eigenvalue weighted by Gasteiger charge is 2.15. The lowest BCUT2D eigenvalue weighted by Crippen LogP contribution is -2.35. The van der Waals surface area contributed by atoms with Crippen molar-refractivity contribution < 1.29 is 14.3 Å². The third-order valence-corrected chi connectivity index (χ3v) is 3.89. The van der Waals surface area contributed by atoms with Gasteiger partial charge < -0.3 is 15.4 Å². The van der Waals surface area contributed by atoms with Crippen LogP contribution in [-0.2, 0) is 16.1 Å². The summed E-state index contributed by atoms with van der Waals surface area (Å²) in [7, 11) is 0. The van der Waals surface area contributed by atoms with Crippen LogP contribution in [0.2, 0.25) is 0 Å². The van der Waals surface area contributed by atoms with Crippen molar-refractivity contribution in [3.63, 3.8) is 0 Å². The van der Waals surface area contributed by atoms with E-state index in [4.69, 9.17) is 4.74 Å². The minimum absolute atomic E-state index is 0.286. The SMILES string of the molecule is Cc1ccc(CNC(=O)C(=O)Nc2ccccc2Oc2ccccc2)cc1. The second-order valence-corrected chi connectivity index (χ2v) is 6.03. The Bertz CT molecular complexity index is 922. The van der Waals surface area contributed by atoms with E-state index >= 15 is 0 Å². The molecule has 0 atom stereocenters. The Labute approximate surface area is 158 Å². The first-order chi connectivity index (χ1) is 13.1. The van der Waals surface area contributed by atoms with Crippen molar-refractivity contribution >= 4 is 17.5 Å². The number of para-hydroxylation sites is 3. The Hall–Kier alpha value is -3.60. The number of rotatable bonds is 5. The molecular formula is C22H20N2O3. The summed E-state index contributed by atoms with van der Waals surface area (Å²) >= 11 is 0. The number of aryl methyl sites for hydroxylation is 1. The van der Waals surface area contributed by atoms with Crippen LogP contribution in [0.4, 0.5) is 5.69 Å². The summed E-state index contributed by atoms with van der Waals surface area (Å²) in [6, 6.07) is 23.9. The molecule has 3 rings (SSSR count). The molecule has 3 aromatic carbocycles. The van der Waals surface area contributed by atoms with Crippen molar-refractivity contribution in [2.45, 2.75) is 13.5 Å². The van der Waals surface area contributed by atoms with Gasteiger partial charge in [0, 0.05) is 6.54 Å². The van der Waals surface area contributed by atoms with Crippen LogP contribution >= 0.6 is 0 Å². The second-order valence-electron chi connectivity index (χ2n) is 6.03. The van der Waals surface area contributed by atoms with E-state index in [0.717, 1.165) is 11.1 Å². The van der Waals surface area contributed by atoms with Crippen LogP contribution in [0.25, 0.3) is 0 Å². The number of ether oxygens (including phenoxy) is 1. The molecular weight excluding hydrogens is 340 g/mol. The molecule has 2 amide bonds. The smallest absolute Gasteiger partial charge is 0.313 e. The number of carbonyl (C=O) groups is 2. The fourth-order valence-electron chi connectivity index (χ4n) is 2.42. The number of nitrogens with one attached hydrogen (secondary N) is 2. The standard InChI is InChI=1S/C22H20N2O3/c1-16-11-13-17(14-12-16)15-23-21(25)22(26)24-19-9-5-6-10-20(19)27-18-7-3-2-4-8-18/h2-14H,15H2,1H3,(H,23,25)(H,24,26). The van der Waals surface area contributed by atoms with E-state index in [9.17, 15) is 9.59 Å². The highest BCUT2D eigenvalue weighted by Crippen LogP contribution is 2.28. The van der Waals surface area contributed by atoms with Crippen molar-refractivity contribution in [2.24, 2.45) is 0 Å². The number of hydrogen-bond acceptors (Lipinski definition) is 3. The van der Waals surface area contributed by atoms with E-state index in [1.807, 2.05) is 61.5 Å². The lowest BCUT2D eigenvalue weighted by atomic mass is 10.1. The summed E-state index contributed by atoms with van der Waals surface area (Å²) in [6.45, 7) is 2.28. The lowest BCUT2D eigenvalue weighted by molar-refractivity contribution is -0.136. The van der Waals surface area contributed by atoms with Gasteiger partial charge in [-0.2, -0.15) is 0 Å². The second kappa shape index (κ2) is 8.67. The first-order valence-corrected chi connectivity index (χ1v) is 8.58. The first-order valence-electron chi connectivity index (χ1n) is 8.58. The zero-order chi connectivity index (χ0) is 19.1. The molecule has 0 heterocycles. The van der Waals surface area contributed by atoms with Gasteiger partial charge in [0.2, 0.25) is 0 Å². The van der Waals surface area contributed by atoms with Crippen molar-refractivity contribution in [3.05, 3.63) is 90.0 Å². The monoisotopic (exact) mass is 360 g/mol. The van der Waals surface area contributed by atoms with Gasteiger partial charge in [-0.1, -0.05) is 60.2 Å². The molecule has 0 aromatic heterocycles. The molecule has 0 fully saturated rings. The summed E-state index contributed by atoms with van der Waals surface area (Å²) < 4.78 is 5.78. The molecule has 0 aliphatic carbocycles. The molecule has 2 N–H and O–H groups in total. The molecule has 0 unspecified atom stereocenters. The molecule has 0 aliphatic heterocycles. The summed E-state index contributed by atoms with van der Waals surface area (Å²) in [4.78, 5) is 24.3. The molecule has 0 spiro atoms. The fraction of sp³-hybridized carbons (Fsp3) is 0.0909. The zero-order valence-electron chi connectivity index (χ0n) is 14.9. The van der Waals surface area contributed by atoms with E-state index < -0.39 is 11.8 Å². The maximum absolute atomic E-state index is 12.2. The summed E-state index contributed by atoms with van der Waals surface area (Å²) in [6.07, 6.45) is 0. The van der Waals surface area contributed by atoms with Gasteiger partial charge >= 0.3 is 11.8 Å². The zero-order valence-corrected chi connectivity index (χ0v) is 14.9. The quantitative estimate of drug-likeness (QED) is 0.675. The van der Waals surface area contributed by atoms with Crippen LogP contribution in [0.1, 0.15) is 11.1 Å². The largest absolute Gasteiger partial charge is 0.455 e. The Morgan fingerprint density at radius 3 is 2.22 bits per heavy atom. The van der Waals surface area contributed by atoms with E-state index in [-0.39, 0.29) is 6.54 Å². The predicted molar refractivity (Wildman–Crippen MR) is 105 cm³/mol. The van der Waals surface area contributed by atoms with Crippen LogP contribution in [-0.4, -0.2) is 11.8 Å². The molecule has 27 heavy (non-hydrogen) atoms. The topological polar surface area (TPSA) is 67.4 Å². The Balaban J connectivity index is 1.61. The first kappa shape index (κ1) is 18.2. The van der Waals surface area contributed by atoms with E-state index in [0.29, 0.717) is 17.2 Å². The van der Waals surface area contributed by atoms with Gasteiger partial charge in [-0.25, -0.2) is 0 Å². The van der Waals surface area contributed by atoms with Gasteiger partial charge in [0.05, 0.1) is 5.69 Å². The highest BCUT2D eigenvalue weighted by atomic mass is 16.5. The summed E-state index contributed by atoms with van der Waals surface area (Å²) in [5.41, 5.74) is 2.49. The summed E-state index contributed by atoms with van der Waals surface area (Å²) in [5, 5.41) is 5.22. The van der Waals surface area contributed by atoms with Gasteiger partial charge in [-0.05, 0) is 36.8 Å². The summed E-state index contributed by atoms with van der Waals surface area (Å²) in [5.74, 6) is -0.345. The van der Waals surface area contributed by atoms with Gasteiger partial charge in [0.15, 0.2) is 5.75 Å². The normalized spacial score (nSPS) is 10.1. The third kappa shape index (κ3) is 5.19. The van der Waals surface area contributed by atoms with Gasteiger partial charge in [-0.15, -0.1) is 0 Å². The highest BCUT2D eigenvalue weighted by molar-refractivity contribution is 6.39. The van der Waals surface area contributed by atoms with E-state index in [2.05, 4.69) is 10.6 Å². The molecule has 0 saturated heterocycles. The molecule has 0 bridgehead atoms. The molecule has 5 nitrogen and oxygen atoms in total. The molecule has 3 aromatic rings. The average molecular weight is 360 g/mol. The van der Waals surface area contributed by atoms with Crippen LogP contribution < -0.4 is 15.4 Å².